The van der Waals surface area contributed by atoms with Gasteiger partial charge in [-0.05, 0) is 90.3 Å². The van der Waals surface area contributed by atoms with Crippen LogP contribution in [0.25, 0.3) is 99.9 Å². The molecule has 0 spiro atoms. The van der Waals surface area contributed by atoms with Crippen molar-refractivity contribution in [2.45, 2.75) is 5.41 Å². The molecule has 0 aliphatic heterocycles. The summed E-state index contributed by atoms with van der Waals surface area (Å²) in [6, 6.07) is 79.9. The van der Waals surface area contributed by atoms with E-state index in [9.17, 15) is 0 Å². The highest BCUT2D eigenvalue weighted by Gasteiger charge is 2.46. The van der Waals surface area contributed by atoms with Crippen LogP contribution in [0.3, 0.4) is 0 Å². The molecule has 2 aromatic heterocycles. The third kappa shape index (κ3) is 5.46. The minimum Gasteiger partial charge on any atom is -0.455 e. The summed E-state index contributed by atoms with van der Waals surface area (Å²) in [6.07, 6.45) is 0. The lowest BCUT2D eigenvalue weighted by atomic mass is 9.67. The van der Waals surface area contributed by atoms with Crippen molar-refractivity contribution in [3.05, 3.63) is 247 Å². The van der Waals surface area contributed by atoms with Gasteiger partial charge in [-0.3, -0.25) is 0 Å². The van der Waals surface area contributed by atoms with Crippen LogP contribution >= 0.6 is 0 Å². The van der Waals surface area contributed by atoms with Crippen LogP contribution < -0.4 is 0 Å². The Balaban J connectivity index is 1.05. The average Bonchev–Trinajstić information content (AvgIpc) is 3.90. The topological polar surface area (TPSA) is 51.8 Å². The molecule has 0 radical (unpaired) electrons. The van der Waals surface area contributed by atoms with Crippen molar-refractivity contribution >= 4 is 43.5 Å². The highest BCUT2D eigenvalue weighted by atomic mass is 16.3. The van der Waals surface area contributed by atoms with E-state index in [1.165, 1.54) is 54.9 Å². The van der Waals surface area contributed by atoms with Gasteiger partial charge in [-0.2, -0.15) is 0 Å². The SMILES string of the molecule is c1ccc(C2(c3ccccc3)c3ccccc3-c3ccc(-c4nc(-c5cccc(-c6cccc7ccc8ccccc8c67)c5)nc(-c5cccc6c5oc5ccccc56)n4)cc32)cc1. The van der Waals surface area contributed by atoms with E-state index in [1.54, 1.807) is 0 Å². The molecule has 12 aromatic rings. The summed E-state index contributed by atoms with van der Waals surface area (Å²) in [5.41, 5.74) is 13.1. The van der Waals surface area contributed by atoms with Gasteiger partial charge in [0.25, 0.3) is 0 Å². The smallest absolute Gasteiger partial charge is 0.167 e. The van der Waals surface area contributed by atoms with Gasteiger partial charge < -0.3 is 4.42 Å². The van der Waals surface area contributed by atoms with Crippen LogP contribution in [0.2, 0.25) is 0 Å². The van der Waals surface area contributed by atoms with E-state index in [0.29, 0.717) is 17.5 Å². The standard InChI is InChI=1S/C60H37N3O/c1-3-20-43(21-4-1)60(44-22-5-2-6-23-44)52-30-11-9-25-47(52)48-35-34-42(37-53(48)60)58-61-57(62-59(63-58)51-29-15-28-50-49-26-10-12-31-54(49)64-56(50)51)41-19-13-18-40(36-41)46-27-14-17-39-33-32-38-16-7-8-24-45(38)55(39)46/h1-37H. The molecule has 0 fully saturated rings. The Morgan fingerprint density at radius 2 is 0.891 bits per heavy atom. The molecule has 1 aliphatic rings. The fraction of sp³-hybridized carbons (Fsp3) is 0.0167. The molecule has 0 unspecified atom stereocenters. The van der Waals surface area contributed by atoms with Gasteiger partial charge in [0.15, 0.2) is 17.5 Å². The lowest BCUT2D eigenvalue weighted by molar-refractivity contribution is 0.669. The molecule has 4 heteroatoms. The zero-order valence-corrected chi connectivity index (χ0v) is 34.6. The first kappa shape index (κ1) is 36.2. The van der Waals surface area contributed by atoms with Gasteiger partial charge in [0.1, 0.15) is 11.2 Å². The Kier molecular flexibility index (Phi) is 8.09. The zero-order valence-electron chi connectivity index (χ0n) is 34.6. The van der Waals surface area contributed by atoms with Gasteiger partial charge in [-0.25, -0.2) is 15.0 Å². The number of benzene rings is 10. The molecule has 4 nitrogen and oxygen atoms in total. The maximum absolute atomic E-state index is 6.60. The Morgan fingerprint density at radius 3 is 1.72 bits per heavy atom. The molecule has 0 bridgehead atoms. The van der Waals surface area contributed by atoms with Crippen molar-refractivity contribution in [3.63, 3.8) is 0 Å². The lowest BCUT2D eigenvalue weighted by Crippen LogP contribution is -2.28. The maximum Gasteiger partial charge on any atom is 0.167 e. The van der Waals surface area contributed by atoms with Crippen molar-refractivity contribution < 1.29 is 4.42 Å². The van der Waals surface area contributed by atoms with E-state index >= 15 is 0 Å². The van der Waals surface area contributed by atoms with Crippen molar-refractivity contribution in [3.8, 4) is 56.4 Å². The van der Waals surface area contributed by atoms with Crippen LogP contribution in [0.5, 0.6) is 0 Å². The Morgan fingerprint density at radius 1 is 0.328 bits per heavy atom. The van der Waals surface area contributed by atoms with Gasteiger partial charge >= 0.3 is 0 Å². The number of para-hydroxylation sites is 2. The molecular formula is C60H37N3O. The Hall–Kier alpha value is -8.47. The van der Waals surface area contributed by atoms with Gasteiger partial charge in [-0.1, -0.05) is 200 Å². The molecule has 2 heterocycles. The summed E-state index contributed by atoms with van der Waals surface area (Å²) in [4.78, 5) is 16.1. The summed E-state index contributed by atoms with van der Waals surface area (Å²) >= 11 is 0. The Bertz CT molecular complexity index is 3760. The second kappa shape index (κ2) is 14.3. The minimum absolute atomic E-state index is 0.549. The summed E-state index contributed by atoms with van der Waals surface area (Å²) in [6.45, 7) is 0. The largest absolute Gasteiger partial charge is 0.455 e. The average molecular weight is 816 g/mol. The molecule has 13 rings (SSSR count). The van der Waals surface area contributed by atoms with Crippen LogP contribution in [0.15, 0.2) is 229 Å². The van der Waals surface area contributed by atoms with Crippen molar-refractivity contribution in [2.75, 3.05) is 0 Å². The predicted octanol–water partition coefficient (Wildman–Crippen LogP) is 15.1. The molecule has 0 saturated heterocycles. The van der Waals surface area contributed by atoms with Crippen molar-refractivity contribution in [1.29, 1.82) is 0 Å². The third-order valence-electron chi connectivity index (χ3n) is 13.2. The zero-order chi connectivity index (χ0) is 42.2. The number of nitrogens with zero attached hydrogens (tertiary/aromatic N) is 3. The summed E-state index contributed by atoms with van der Waals surface area (Å²) < 4.78 is 6.60. The summed E-state index contributed by atoms with van der Waals surface area (Å²) in [7, 11) is 0. The van der Waals surface area contributed by atoms with E-state index in [4.69, 9.17) is 19.4 Å². The van der Waals surface area contributed by atoms with Gasteiger partial charge in [-0.15, -0.1) is 0 Å². The van der Waals surface area contributed by atoms with Gasteiger partial charge in [0, 0.05) is 21.9 Å². The monoisotopic (exact) mass is 815 g/mol. The molecule has 0 saturated carbocycles. The number of furan rings is 1. The predicted molar refractivity (Wildman–Crippen MR) is 261 cm³/mol. The van der Waals surface area contributed by atoms with E-state index in [0.717, 1.165) is 49.8 Å². The van der Waals surface area contributed by atoms with Crippen LogP contribution in [-0.4, -0.2) is 15.0 Å². The first-order chi connectivity index (χ1) is 31.7. The molecule has 1 aliphatic carbocycles. The molecule has 298 valence electrons. The lowest BCUT2D eigenvalue weighted by Gasteiger charge is -2.34. The molecule has 10 aromatic carbocycles. The van der Waals surface area contributed by atoms with Crippen LogP contribution in [0, 0.1) is 0 Å². The fourth-order valence-corrected chi connectivity index (χ4v) is 10.4. The molecule has 64 heavy (non-hydrogen) atoms. The van der Waals surface area contributed by atoms with E-state index in [-0.39, 0.29) is 0 Å². The first-order valence-corrected chi connectivity index (χ1v) is 21.8. The summed E-state index contributed by atoms with van der Waals surface area (Å²) in [5, 5.41) is 6.95. The highest BCUT2D eigenvalue weighted by molar-refractivity contribution is 6.14. The van der Waals surface area contributed by atoms with Crippen LogP contribution in [0.4, 0.5) is 0 Å². The maximum atomic E-state index is 6.60. The van der Waals surface area contributed by atoms with E-state index in [2.05, 4.69) is 206 Å². The molecule has 0 atom stereocenters. The second-order valence-electron chi connectivity index (χ2n) is 16.6. The number of hydrogen-bond donors (Lipinski definition) is 0. The minimum atomic E-state index is -0.569. The van der Waals surface area contributed by atoms with Crippen LogP contribution in [0.1, 0.15) is 22.3 Å². The third-order valence-corrected chi connectivity index (χ3v) is 13.2. The van der Waals surface area contributed by atoms with Crippen LogP contribution in [-0.2, 0) is 5.41 Å². The quantitative estimate of drug-likeness (QED) is 0.157. The number of rotatable bonds is 6. The first-order valence-electron chi connectivity index (χ1n) is 21.8. The second-order valence-corrected chi connectivity index (χ2v) is 16.6. The van der Waals surface area contributed by atoms with E-state index < -0.39 is 5.41 Å². The molecular weight excluding hydrogens is 779 g/mol. The molecule has 0 N–H and O–H groups in total. The molecule has 0 amide bonds. The number of fused-ring (bicyclic) bond motifs is 9. The summed E-state index contributed by atoms with van der Waals surface area (Å²) in [5.74, 6) is 1.72. The van der Waals surface area contributed by atoms with Gasteiger partial charge in [0.2, 0.25) is 0 Å². The number of hydrogen-bond acceptors (Lipinski definition) is 4. The Labute approximate surface area is 369 Å². The highest BCUT2D eigenvalue weighted by Crippen LogP contribution is 2.56. The number of aromatic nitrogens is 3. The van der Waals surface area contributed by atoms with Crippen molar-refractivity contribution in [2.24, 2.45) is 0 Å². The van der Waals surface area contributed by atoms with Gasteiger partial charge in [0.05, 0.1) is 11.0 Å². The van der Waals surface area contributed by atoms with Crippen molar-refractivity contribution in [1.82, 2.24) is 15.0 Å². The van der Waals surface area contributed by atoms with E-state index in [1.807, 2.05) is 18.2 Å². The fourth-order valence-electron chi connectivity index (χ4n) is 10.4. The normalized spacial score (nSPS) is 12.8.